The molecule has 0 fully saturated rings. The van der Waals surface area contributed by atoms with Crippen LogP contribution in [0.25, 0.3) is 0 Å². The number of nitrogens with zero attached hydrogens (tertiary/aromatic N) is 1. The Morgan fingerprint density at radius 3 is 2.26 bits per heavy atom. The highest BCUT2D eigenvalue weighted by Crippen LogP contribution is 2.20. The van der Waals surface area contributed by atoms with E-state index in [1.165, 1.54) is 25.6 Å². The molecule has 1 rings (SSSR count). The zero-order valence-corrected chi connectivity index (χ0v) is 11.5. The fraction of sp³-hybridized carbons (Fsp3) is 0.250. The summed E-state index contributed by atoms with van der Waals surface area (Å²) in [5, 5.41) is 3.24. The molecule has 0 bridgehead atoms. The molecule has 0 saturated carbocycles. The third-order valence-electron chi connectivity index (χ3n) is 2.14. The molecule has 102 valence electrons. The molecule has 0 aromatic heterocycles. The zero-order chi connectivity index (χ0) is 14.4. The number of carbonyl (C=O) groups is 3. The summed E-state index contributed by atoms with van der Waals surface area (Å²) in [7, 11) is 0. The minimum atomic E-state index is -0.494. The average molecular weight is 281 g/mol. The van der Waals surface area contributed by atoms with Gasteiger partial charge >= 0.3 is 0 Å². The van der Waals surface area contributed by atoms with Gasteiger partial charge in [0.15, 0.2) is 0 Å². The van der Waals surface area contributed by atoms with Crippen LogP contribution in [0.1, 0.15) is 13.8 Å². The summed E-state index contributed by atoms with van der Waals surface area (Å²) in [5.41, 5.74) is 0.687. The van der Waals surface area contributed by atoms with E-state index in [0.29, 0.717) is 10.7 Å². The average Bonchev–Trinajstić information content (AvgIpc) is 2.35. The smallest absolute Gasteiger partial charge is 0.253 e. The Kier molecular flexibility index (Phi) is 5.53. The van der Waals surface area contributed by atoms with Crippen LogP contribution in [0.4, 0.5) is 5.69 Å². The molecule has 6 nitrogen and oxygen atoms in total. The molecule has 0 aliphatic rings. The van der Waals surface area contributed by atoms with Gasteiger partial charge in [-0.15, -0.1) is 11.8 Å². The Hall–Kier alpha value is -1.86. The minimum Gasteiger partial charge on any atom is -0.326 e. The quantitative estimate of drug-likeness (QED) is 0.371. The van der Waals surface area contributed by atoms with E-state index in [4.69, 9.17) is 5.84 Å². The summed E-state index contributed by atoms with van der Waals surface area (Å²) in [6, 6.07) is 7.02. The topological polar surface area (TPSA) is 92.5 Å². The number of anilines is 1. The minimum absolute atomic E-state index is 0.0789. The maximum Gasteiger partial charge on any atom is 0.253 e. The third kappa shape index (κ3) is 5.11. The van der Waals surface area contributed by atoms with Gasteiger partial charge in [0.1, 0.15) is 0 Å². The zero-order valence-electron chi connectivity index (χ0n) is 10.7. The Balaban J connectivity index is 2.52. The molecule has 0 atom stereocenters. The third-order valence-corrected chi connectivity index (χ3v) is 3.14. The van der Waals surface area contributed by atoms with Crippen LogP contribution < -0.4 is 11.2 Å². The Morgan fingerprint density at radius 1 is 1.21 bits per heavy atom. The molecule has 3 amide bonds. The van der Waals surface area contributed by atoms with Gasteiger partial charge in [0.25, 0.3) is 5.91 Å². The number of imide groups is 1. The highest BCUT2D eigenvalue weighted by atomic mass is 32.2. The lowest BCUT2D eigenvalue weighted by Crippen LogP contribution is -2.42. The Bertz CT molecular complexity index is 487. The molecule has 1 aromatic carbocycles. The SMILES string of the molecule is CC(=O)Nc1ccc(SCC(=O)N(N)C(C)=O)cc1. The lowest BCUT2D eigenvalue weighted by atomic mass is 10.3. The first-order chi connectivity index (χ1) is 8.90. The predicted molar refractivity (Wildman–Crippen MR) is 73.2 cm³/mol. The lowest BCUT2D eigenvalue weighted by Gasteiger charge is -2.11. The molecular formula is C12H15N3O3S. The number of hydrogen-bond acceptors (Lipinski definition) is 5. The van der Waals surface area contributed by atoms with Crippen molar-refractivity contribution in [2.45, 2.75) is 18.7 Å². The Labute approximate surface area is 115 Å². The highest BCUT2D eigenvalue weighted by molar-refractivity contribution is 8.00. The molecule has 0 heterocycles. The number of amides is 3. The Morgan fingerprint density at radius 2 is 1.79 bits per heavy atom. The molecule has 0 saturated heterocycles. The number of rotatable bonds is 4. The van der Waals surface area contributed by atoms with Gasteiger partial charge in [-0.25, -0.2) is 10.9 Å². The number of nitrogens with two attached hydrogens (primary N) is 1. The largest absolute Gasteiger partial charge is 0.326 e. The van der Waals surface area contributed by atoms with Crippen molar-refractivity contribution in [2.24, 2.45) is 5.84 Å². The number of thioether (sulfide) groups is 1. The van der Waals surface area contributed by atoms with Crippen LogP contribution >= 0.6 is 11.8 Å². The number of hydrazine groups is 1. The maximum absolute atomic E-state index is 11.5. The van der Waals surface area contributed by atoms with Gasteiger partial charge in [0.2, 0.25) is 11.8 Å². The van der Waals surface area contributed by atoms with Crippen LogP contribution in [0.3, 0.4) is 0 Å². The lowest BCUT2D eigenvalue weighted by molar-refractivity contribution is -0.142. The second-order valence-corrected chi connectivity index (χ2v) is 4.83. The molecule has 7 heteroatoms. The first kappa shape index (κ1) is 15.2. The molecule has 1 aromatic rings. The number of benzene rings is 1. The predicted octanol–water partition coefficient (Wildman–Crippen LogP) is 0.986. The summed E-state index contributed by atoms with van der Waals surface area (Å²) >= 11 is 1.27. The van der Waals surface area contributed by atoms with E-state index in [1.54, 1.807) is 24.3 Å². The normalized spacial score (nSPS) is 9.84. The molecular weight excluding hydrogens is 266 g/mol. The number of hydrogen-bond donors (Lipinski definition) is 2. The van der Waals surface area contributed by atoms with Gasteiger partial charge in [0, 0.05) is 24.4 Å². The van der Waals surface area contributed by atoms with Gasteiger partial charge in [-0.3, -0.25) is 14.4 Å². The van der Waals surface area contributed by atoms with Gasteiger partial charge in [-0.2, -0.15) is 0 Å². The van der Waals surface area contributed by atoms with Crippen molar-refractivity contribution in [2.75, 3.05) is 11.1 Å². The van der Waals surface area contributed by atoms with Crippen molar-refractivity contribution in [1.82, 2.24) is 5.01 Å². The first-order valence-corrected chi connectivity index (χ1v) is 6.47. The van der Waals surface area contributed by atoms with Crippen LogP contribution in [0.5, 0.6) is 0 Å². The van der Waals surface area contributed by atoms with Gasteiger partial charge < -0.3 is 5.32 Å². The van der Waals surface area contributed by atoms with Crippen LogP contribution in [-0.2, 0) is 14.4 Å². The van der Waals surface area contributed by atoms with Crippen molar-refractivity contribution >= 4 is 35.2 Å². The van der Waals surface area contributed by atoms with Crippen LogP contribution in [0.2, 0.25) is 0 Å². The maximum atomic E-state index is 11.5. The molecule has 0 aliphatic heterocycles. The standard InChI is InChI=1S/C12H15N3O3S/c1-8(16)14-10-3-5-11(6-4-10)19-7-12(18)15(13)9(2)17/h3-6H,7,13H2,1-2H3,(H,14,16). The number of nitrogens with one attached hydrogen (secondary N) is 1. The van der Waals surface area contributed by atoms with Crippen molar-refractivity contribution in [3.05, 3.63) is 24.3 Å². The summed E-state index contributed by atoms with van der Waals surface area (Å²) in [6.07, 6.45) is 0. The van der Waals surface area contributed by atoms with Crippen molar-refractivity contribution in [3.8, 4) is 0 Å². The fourth-order valence-electron chi connectivity index (χ4n) is 1.23. The van der Waals surface area contributed by atoms with E-state index < -0.39 is 11.8 Å². The van der Waals surface area contributed by atoms with E-state index in [1.807, 2.05) is 0 Å². The number of carbonyl (C=O) groups excluding carboxylic acids is 3. The molecule has 0 spiro atoms. The van der Waals surface area contributed by atoms with Gasteiger partial charge in [-0.05, 0) is 24.3 Å². The van der Waals surface area contributed by atoms with Crippen LogP contribution in [-0.4, -0.2) is 28.5 Å². The molecule has 0 unspecified atom stereocenters. The monoisotopic (exact) mass is 281 g/mol. The molecule has 3 N–H and O–H groups in total. The van der Waals surface area contributed by atoms with E-state index in [0.717, 1.165) is 4.90 Å². The van der Waals surface area contributed by atoms with Gasteiger partial charge in [-0.1, -0.05) is 0 Å². The van der Waals surface area contributed by atoms with Crippen molar-refractivity contribution in [3.63, 3.8) is 0 Å². The fourth-order valence-corrected chi connectivity index (χ4v) is 1.99. The van der Waals surface area contributed by atoms with E-state index in [-0.39, 0.29) is 11.7 Å². The second-order valence-electron chi connectivity index (χ2n) is 3.78. The molecule has 0 radical (unpaired) electrons. The van der Waals surface area contributed by atoms with E-state index in [9.17, 15) is 14.4 Å². The van der Waals surface area contributed by atoms with Crippen molar-refractivity contribution < 1.29 is 14.4 Å². The summed E-state index contributed by atoms with van der Waals surface area (Å²) in [4.78, 5) is 34.0. The van der Waals surface area contributed by atoms with Gasteiger partial charge in [0.05, 0.1) is 5.75 Å². The second kappa shape index (κ2) is 6.91. The summed E-state index contributed by atoms with van der Waals surface area (Å²) in [6.45, 7) is 2.66. The summed E-state index contributed by atoms with van der Waals surface area (Å²) < 4.78 is 0. The van der Waals surface area contributed by atoms with E-state index >= 15 is 0 Å². The van der Waals surface area contributed by atoms with Crippen molar-refractivity contribution in [1.29, 1.82) is 0 Å². The van der Waals surface area contributed by atoms with E-state index in [2.05, 4.69) is 5.32 Å². The molecule has 0 aliphatic carbocycles. The van der Waals surface area contributed by atoms with Crippen LogP contribution in [0.15, 0.2) is 29.2 Å². The highest BCUT2D eigenvalue weighted by Gasteiger charge is 2.13. The molecule has 19 heavy (non-hydrogen) atoms. The van der Waals surface area contributed by atoms with Crippen LogP contribution in [0, 0.1) is 0 Å². The summed E-state index contributed by atoms with van der Waals surface area (Å²) in [5.74, 6) is 4.26. The first-order valence-electron chi connectivity index (χ1n) is 5.49.